The van der Waals surface area contributed by atoms with E-state index in [-0.39, 0.29) is 23.5 Å². The molecule has 3 amide bonds. The molecule has 2 unspecified atom stereocenters. The summed E-state index contributed by atoms with van der Waals surface area (Å²) in [5.41, 5.74) is -5.13. The summed E-state index contributed by atoms with van der Waals surface area (Å²) in [6.07, 6.45) is -8.33. The molecule has 0 spiro atoms. The molecule has 1 aliphatic rings. The maximum atomic E-state index is 15.7. The van der Waals surface area contributed by atoms with Crippen molar-refractivity contribution in [1.82, 2.24) is 40.4 Å². The van der Waals surface area contributed by atoms with Crippen LogP contribution in [0.1, 0.15) is 66.2 Å². The number of methoxy groups -OCH3 is 1. The molecule has 1 saturated heterocycles. The average molecular weight is 690 g/mol. The fourth-order valence-electron chi connectivity index (χ4n) is 5.54. The lowest BCUT2D eigenvalue weighted by atomic mass is 9.43. The zero-order chi connectivity index (χ0) is 36.3. The molecule has 3 aromatic heterocycles. The lowest BCUT2D eigenvalue weighted by Crippen LogP contribution is -2.83. The number of nitrogens with one attached hydrogen (secondary N) is 2. The monoisotopic (exact) mass is 690 g/mol. The van der Waals surface area contributed by atoms with Crippen LogP contribution in [0.3, 0.4) is 0 Å². The minimum absolute atomic E-state index is 0.0133. The third-order valence-corrected chi connectivity index (χ3v) is 8.63. The number of alkyl halides is 8. The van der Waals surface area contributed by atoms with Crippen LogP contribution in [-0.2, 0) is 10.9 Å². The second kappa shape index (κ2) is 12.2. The number of aromatic nitrogens is 5. The molecule has 4 heterocycles. The second-order valence-electron chi connectivity index (χ2n) is 13.2. The van der Waals surface area contributed by atoms with Crippen molar-refractivity contribution < 1.29 is 54.1 Å². The van der Waals surface area contributed by atoms with Crippen molar-refractivity contribution in [2.24, 2.45) is 5.41 Å². The highest BCUT2D eigenvalue weighted by molar-refractivity contribution is 6.48. The van der Waals surface area contributed by atoms with Gasteiger partial charge in [0.2, 0.25) is 11.4 Å². The molecule has 0 radical (unpaired) electrons. The van der Waals surface area contributed by atoms with Crippen molar-refractivity contribution in [1.29, 1.82) is 0 Å². The summed E-state index contributed by atoms with van der Waals surface area (Å²) >= 11 is 0. The molecule has 4 rings (SSSR count). The van der Waals surface area contributed by atoms with Crippen molar-refractivity contribution in [3.63, 3.8) is 0 Å². The van der Waals surface area contributed by atoms with Gasteiger partial charge in [0.15, 0.2) is 5.65 Å². The molecule has 258 valence electrons. The van der Waals surface area contributed by atoms with E-state index in [1.807, 2.05) is 0 Å². The number of halogens is 8. The SMILES string of the molecule is BC1(B)NC(=O)N(C(COC)c2cnn3cc(C(CCC(C)(C)C(F)(F)F)NC(=O)c4nonc4C(F)(F)F)nc3c2)C(B)(B)C1(F)F. The van der Waals surface area contributed by atoms with Gasteiger partial charge in [0, 0.05) is 23.3 Å². The fourth-order valence-corrected chi connectivity index (χ4v) is 5.54. The van der Waals surface area contributed by atoms with E-state index in [2.05, 4.69) is 35.7 Å². The Balaban J connectivity index is 1.74. The van der Waals surface area contributed by atoms with Gasteiger partial charge in [-0.25, -0.2) is 27.7 Å². The van der Waals surface area contributed by atoms with Crippen LogP contribution < -0.4 is 10.6 Å². The van der Waals surface area contributed by atoms with E-state index in [9.17, 15) is 35.9 Å². The number of rotatable bonds is 10. The van der Waals surface area contributed by atoms with E-state index in [1.165, 1.54) is 57.0 Å². The Bertz CT molecular complexity index is 1680. The number of nitrogens with zero attached hydrogens (tertiary/aromatic N) is 6. The summed E-state index contributed by atoms with van der Waals surface area (Å²) in [7, 11) is 6.11. The highest BCUT2D eigenvalue weighted by atomic mass is 19.4. The molecule has 24 heteroatoms. The number of imidazole rings is 1. The molecule has 48 heavy (non-hydrogen) atoms. The Hall–Kier alpha value is -3.84. The quantitative estimate of drug-likeness (QED) is 0.227. The highest BCUT2D eigenvalue weighted by Gasteiger charge is 2.65. The van der Waals surface area contributed by atoms with Crippen LogP contribution in [0.4, 0.5) is 39.9 Å². The van der Waals surface area contributed by atoms with E-state index < -0.39 is 82.6 Å². The summed E-state index contributed by atoms with van der Waals surface area (Å²) in [6, 6.07) is -1.96. The van der Waals surface area contributed by atoms with Gasteiger partial charge in [-0.2, -0.15) is 31.4 Å². The van der Waals surface area contributed by atoms with Gasteiger partial charge >= 0.3 is 18.4 Å². The summed E-state index contributed by atoms with van der Waals surface area (Å²) in [5.74, 6) is -4.88. The normalized spacial score (nSPS) is 19.1. The smallest absolute Gasteiger partial charge is 0.382 e. The number of amides is 3. The molecule has 3 aromatic rings. The summed E-state index contributed by atoms with van der Waals surface area (Å²) in [6.45, 7) is 1.59. The van der Waals surface area contributed by atoms with Gasteiger partial charge in [-0.15, -0.1) is 0 Å². The zero-order valence-electron chi connectivity index (χ0n) is 26.8. The van der Waals surface area contributed by atoms with E-state index in [0.29, 0.717) is 0 Å². The lowest BCUT2D eigenvalue weighted by molar-refractivity contribution is -0.214. The maximum Gasteiger partial charge on any atom is 0.439 e. The molecule has 2 N–H and O–H groups in total. The Morgan fingerprint density at radius 1 is 1.12 bits per heavy atom. The third kappa shape index (κ3) is 6.58. The lowest BCUT2D eigenvalue weighted by Gasteiger charge is -2.57. The van der Waals surface area contributed by atoms with Crippen molar-refractivity contribution in [3.05, 3.63) is 41.1 Å². The van der Waals surface area contributed by atoms with Crippen molar-refractivity contribution in [2.75, 3.05) is 13.7 Å². The van der Waals surface area contributed by atoms with Gasteiger partial charge in [0.05, 0.1) is 42.2 Å². The largest absolute Gasteiger partial charge is 0.439 e. The molecule has 1 fully saturated rings. The minimum atomic E-state index is -5.12. The molecule has 0 aliphatic carbocycles. The van der Waals surface area contributed by atoms with Crippen LogP contribution >= 0.6 is 0 Å². The molecular weight excluding hydrogens is 660 g/mol. The molecule has 0 saturated carbocycles. The summed E-state index contributed by atoms with van der Waals surface area (Å²) < 4.78 is 123. The molecular formula is C24H30B4F8N8O4. The number of urea groups is 1. The number of fused-ring (bicyclic) bond motifs is 1. The van der Waals surface area contributed by atoms with E-state index >= 15 is 8.78 Å². The van der Waals surface area contributed by atoms with Gasteiger partial charge in [-0.3, -0.25) is 4.79 Å². The number of carbonyl (C=O) groups is 2. The van der Waals surface area contributed by atoms with Crippen LogP contribution in [0.5, 0.6) is 0 Å². The van der Waals surface area contributed by atoms with Crippen LogP contribution in [-0.4, -0.2) is 110 Å². The fraction of sp³-hybridized carbons (Fsp3) is 0.583. The Labute approximate surface area is 271 Å². The molecule has 0 aromatic carbocycles. The summed E-state index contributed by atoms with van der Waals surface area (Å²) in [4.78, 5) is 31.4. The van der Waals surface area contributed by atoms with Crippen molar-refractivity contribution in [3.8, 4) is 0 Å². The maximum absolute atomic E-state index is 15.7. The minimum Gasteiger partial charge on any atom is -0.382 e. The number of hydrogen-bond acceptors (Lipinski definition) is 8. The molecule has 0 bridgehead atoms. The standard InChI is InChI=1S/C24H30B4F8N8O4/c1-19(2,24(34,35)36)5-4-11(39-17(45)15-16(20(29,30)31)42-48-41-15)12-8-43-14(38-12)6-10(7-37-43)13(9-47-3)44-18(46)40-22(25,26)21(32,33)23(44,27)28/h6-8,11,13H,4-5,9,25-28H2,1-3H3,(H,39,45)(H,40,46). The zero-order valence-corrected chi connectivity index (χ0v) is 26.8. The molecule has 12 nitrogen and oxygen atoms in total. The Kier molecular flexibility index (Phi) is 9.43. The topological polar surface area (TPSA) is 140 Å². The Morgan fingerprint density at radius 2 is 1.77 bits per heavy atom. The van der Waals surface area contributed by atoms with Gasteiger partial charge in [0.1, 0.15) is 31.4 Å². The van der Waals surface area contributed by atoms with Gasteiger partial charge in [-0.1, -0.05) is 13.8 Å². The van der Waals surface area contributed by atoms with Gasteiger partial charge in [-0.05, 0) is 29.2 Å². The first-order chi connectivity index (χ1) is 21.9. The highest BCUT2D eigenvalue weighted by Crippen LogP contribution is 2.44. The average Bonchev–Trinajstić information content (AvgIpc) is 3.60. The van der Waals surface area contributed by atoms with Gasteiger partial charge in [0.25, 0.3) is 11.8 Å². The Morgan fingerprint density at radius 3 is 2.35 bits per heavy atom. The molecule has 1 aliphatic heterocycles. The van der Waals surface area contributed by atoms with Crippen LogP contribution in [0.25, 0.3) is 5.65 Å². The third-order valence-electron chi connectivity index (χ3n) is 8.63. The number of carbonyl (C=O) groups excluding carboxylic acids is 2. The first-order valence-electron chi connectivity index (χ1n) is 14.5. The van der Waals surface area contributed by atoms with E-state index in [4.69, 9.17) is 4.74 Å². The first-order valence-corrected chi connectivity index (χ1v) is 14.5. The van der Waals surface area contributed by atoms with Crippen molar-refractivity contribution >= 4 is 49.0 Å². The van der Waals surface area contributed by atoms with Crippen molar-refractivity contribution in [2.45, 2.75) is 67.7 Å². The number of hydrogen-bond donors (Lipinski definition) is 2. The van der Waals surface area contributed by atoms with Gasteiger partial charge < -0.3 is 20.3 Å². The second-order valence-corrected chi connectivity index (χ2v) is 13.2. The predicted molar refractivity (Wildman–Crippen MR) is 161 cm³/mol. The van der Waals surface area contributed by atoms with Crippen LogP contribution in [0.2, 0.25) is 0 Å². The van der Waals surface area contributed by atoms with Crippen LogP contribution in [0.15, 0.2) is 23.1 Å². The number of ether oxygens (including phenoxy) is 1. The van der Waals surface area contributed by atoms with E-state index in [0.717, 1.165) is 23.3 Å². The molecule has 2 atom stereocenters. The van der Waals surface area contributed by atoms with E-state index in [1.54, 1.807) is 0 Å². The predicted octanol–water partition coefficient (Wildman–Crippen LogP) is 0.159. The summed E-state index contributed by atoms with van der Waals surface area (Å²) in [5, 5.41) is 10.6. The van der Waals surface area contributed by atoms with Crippen LogP contribution in [0, 0.1) is 5.41 Å². The first kappa shape index (κ1) is 37.0.